The molecule has 4 heteroatoms. The Morgan fingerprint density at radius 2 is 1.71 bits per heavy atom. The van der Waals surface area contributed by atoms with Gasteiger partial charge in [0.05, 0.1) is 18.7 Å². The normalized spacial score (nSPS) is 37.8. The number of β-amino-alcohol motifs (C(OH)–C–C–N with tert-alkyl or cyclic N) is 1. The van der Waals surface area contributed by atoms with Gasteiger partial charge < -0.3 is 14.6 Å². The third-order valence-electron chi connectivity index (χ3n) is 4.40. The molecule has 1 aliphatic heterocycles. The molecule has 1 N–H and O–H groups in total. The fourth-order valence-corrected chi connectivity index (χ4v) is 2.96. The van der Waals surface area contributed by atoms with E-state index in [1.165, 1.54) is 0 Å². The van der Waals surface area contributed by atoms with Crippen LogP contribution in [0.15, 0.2) is 0 Å². The third kappa shape index (κ3) is 2.81. The van der Waals surface area contributed by atoms with E-state index in [2.05, 4.69) is 11.8 Å². The number of hydrogen-bond donors (Lipinski definition) is 1. The molecule has 1 saturated heterocycles. The lowest BCUT2D eigenvalue weighted by atomic mass is 9.79. The smallest absolute Gasteiger partial charge is 0.193 e. The van der Waals surface area contributed by atoms with Crippen molar-refractivity contribution in [2.24, 2.45) is 5.92 Å². The molecule has 4 nitrogen and oxygen atoms in total. The van der Waals surface area contributed by atoms with Gasteiger partial charge in [-0.15, -0.1) is 0 Å². The molecule has 0 spiro atoms. The molecule has 0 aromatic carbocycles. The zero-order chi connectivity index (χ0) is 12.5. The van der Waals surface area contributed by atoms with E-state index in [1.807, 2.05) is 0 Å². The summed E-state index contributed by atoms with van der Waals surface area (Å²) in [7, 11) is 3.36. The van der Waals surface area contributed by atoms with E-state index in [9.17, 15) is 5.11 Å². The first-order valence-corrected chi connectivity index (χ1v) is 6.56. The van der Waals surface area contributed by atoms with Crippen LogP contribution in [-0.4, -0.2) is 55.2 Å². The summed E-state index contributed by atoms with van der Waals surface area (Å²) in [5, 5.41) is 10.5. The van der Waals surface area contributed by atoms with Gasteiger partial charge in [0.25, 0.3) is 0 Å². The van der Waals surface area contributed by atoms with Gasteiger partial charge in [-0.3, -0.25) is 4.90 Å². The molecular weight excluding hydrogens is 218 g/mol. The summed E-state index contributed by atoms with van der Waals surface area (Å²) in [6.07, 6.45) is 4.14. The summed E-state index contributed by atoms with van der Waals surface area (Å²) >= 11 is 0. The molecule has 0 amide bonds. The molecule has 0 bridgehead atoms. The van der Waals surface area contributed by atoms with E-state index in [0.29, 0.717) is 0 Å². The zero-order valence-electron chi connectivity index (χ0n) is 11.2. The van der Waals surface area contributed by atoms with Crippen LogP contribution in [0.2, 0.25) is 0 Å². The molecular formula is C13H25NO3. The average molecular weight is 243 g/mol. The Morgan fingerprint density at radius 3 is 2.18 bits per heavy atom. The summed E-state index contributed by atoms with van der Waals surface area (Å²) in [5.74, 6) is 0.335. The quantitative estimate of drug-likeness (QED) is 0.754. The summed E-state index contributed by atoms with van der Waals surface area (Å²) in [4.78, 5) is 2.23. The van der Waals surface area contributed by atoms with E-state index in [4.69, 9.17) is 9.47 Å². The van der Waals surface area contributed by atoms with E-state index in [0.717, 1.165) is 51.2 Å². The third-order valence-corrected chi connectivity index (χ3v) is 4.40. The molecule has 2 fully saturated rings. The van der Waals surface area contributed by atoms with Gasteiger partial charge in [0.1, 0.15) is 0 Å². The van der Waals surface area contributed by atoms with Crippen LogP contribution in [-0.2, 0) is 9.47 Å². The average Bonchev–Trinajstić information content (AvgIpc) is 2.28. The first kappa shape index (κ1) is 13.3. The summed E-state index contributed by atoms with van der Waals surface area (Å²) in [6, 6.07) is 0. The molecule has 0 aromatic heterocycles. The molecule has 100 valence electrons. The number of likely N-dealkylation sites (tertiary alicyclic amines) is 1. The van der Waals surface area contributed by atoms with Crippen molar-refractivity contribution in [3.63, 3.8) is 0 Å². The van der Waals surface area contributed by atoms with Gasteiger partial charge in [0.15, 0.2) is 5.79 Å². The van der Waals surface area contributed by atoms with Crippen LogP contribution in [0.5, 0.6) is 0 Å². The van der Waals surface area contributed by atoms with Crippen molar-refractivity contribution in [2.75, 3.05) is 33.9 Å². The lowest BCUT2D eigenvalue weighted by Crippen LogP contribution is -2.66. The number of ether oxygens (including phenoxy) is 2. The van der Waals surface area contributed by atoms with Gasteiger partial charge in [-0.1, -0.05) is 6.92 Å². The van der Waals surface area contributed by atoms with E-state index >= 15 is 0 Å². The first-order valence-electron chi connectivity index (χ1n) is 6.56. The Labute approximate surface area is 104 Å². The van der Waals surface area contributed by atoms with Crippen molar-refractivity contribution in [3.8, 4) is 0 Å². The minimum atomic E-state index is -0.486. The molecule has 1 saturated carbocycles. The van der Waals surface area contributed by atoms with Gasteiger partial charge in [-0.05, 0) is 31.6 Å². The second-order valence-corrected chi connectivity index (χ2v) is 5.87. The fraction of sp³-hybridized carbons (Fsp3) is 1.00. The van der Waals surface area contributed by atoms with Gasteiger partial charge in [0.2, 0.25) is 0 Å². The topological polar surface area (TPSA) is 41.9 Å². The number of nitrogens with zero attached hydrogens (tertiary/aromatic N) is 1. The number of methoxy groups -OCH3 is 2. The Bertz CT molecular complexity index is 249. The number of rotatable bonds is 4. The van der Waals surface area contributed by atoms with Crippen molar-refractivity contribution in [2.45, 2.75) is 44.0 Å². The molecule has 2 rings (SSSR count). The Hall–Kier alpha value is -0.160. The first-order chi connectivity index (χ1) is 8.01. The maximum absolute atomic E-state index is 10.5. The van der Waals surface area contributed by atoms with E-state index < -0.39 is 11.4 Å². The predicted molar refractivity (Wildman–Crippen MR) is 65.8 cm³/mol. The molecule has 0 unspecified atom stereocenters. The maximum Gasteiger partial charge on any atom is 0.193 e. The molecule has 1 aliphatic carbocycles. The second-order valence-electron chi connectivity index (χ2n) is 5.87. The van der Waals surface area contributed by atoms with Crippen LogP contribution < -0.4 is 0 Å². The van der Waals surface area contributed by atoms with Gasteiger partial charge in [-0.2, -0.15) is 0 Å². The van der Waals surface area contributed by atoms with Crippen molar-refractivity contribution in [1.82, 2.24) is 4.90 Å². The molecule has 0 radical (unpaired) electrons. The summed E-state index contributed by atoms with van der Waals surface area (Å²) < 4.78 is 10.7. The molecule has 1 heterocycles. The second kappa shape index (κ2) is 4.84. The van der Waals surface area contributed by atoms with Gasteiger partial charge in [-0.25, -0.2) is 0 Å². The Balaban J connectivity index is 1.79. The van der Waals surface area contributed by atoms with E-state index in [-0.39, 0.29) is 0 Å². The predicted octanol–water partition coefficient (Wildman–Crippen LogP) is 1.23. The highest BCUT2D eigenvalue weighted by Gasteiger charge is 2.46. The van der Waals surface area contributed by atoms with Gasteiger partial charge in [0, 0.05) is 20.8 Å². The van der Waals surface area contributed by atoms with Crippen molar-refractivity contribution >= 4 is 0 Å². The molecule has 17 heavy (non-hydrogen) atoms. The molecule has 2 aliphatic rings. The highest BCUT2D eigenvalue weighted by Crippen LogP contribution is 2.35. The summed E-state index contributed by atoms with van der Waals surface area (Å²) in [6.45, 7) is 4.55. The minimum Gasteiger partial charge on any atom is -0.389 e. The van der Waals surface area contributed by atoms with Crippen LogP contribution in [0.1, 0.15) is 32.6 Å². The van der Waals surface area contributed by atoms with Crippen LogP contribution >= 0.6 is 0 Å². The van der Waals surface area contributed by atoms with Crippen molar-refractivity contribution in [3.05, 3.63) is 0 Å². The van der Waals surface area contributed by atoms with Crippen LogP contribution in [0.3, 0.4) is 0 Å². The Morgan fingerprint density at radius 1 is 1.18 bits per heavy atom. The number of aliphatic hydroxyl groups is 1. The van der Waals surface area contributed by atoms with Gasteiger partial charge >= 0.3 is 0 Å². The molecule has 0 aromatic rings. The zero-order valence-corrected chi connectivity index (χ0v) is 11.2. The van der Waals surface area contributed by atoms with Crippen molar-refractivity contribution in [1.29, 1.82) is 0 Å². The standard InChI is InChI=1S/C13H25NO3/c1-11-4-6-12(15,7-5-11)8-14-9-13(10-14,16-2)17-3/h11,15H,4-10H2,1-3H3. The van der Waals surface area contributed by atoms with Crippen LogP contribution in [0.25, 0.3) is 0 Å². The van der Waals surface area contributed by atoms with Crippen molar-refractivity contribution < 1.29 is 14.6 Å². The summed E-state index contributed by atoms with van der Waals surface area (Å²) in [5.41, 5.74) is -0.486. The monoisotopic (exact) mass is 243 g/mol. The highest BCUT2D eigenvalue weighted by molar-refractivity contribution is 4.95. The van der Waals surface area contributed by atoms with Crippen LogP contribution in [0.4, 0.5) is 0 Å². The largest absolute Gasteiger partial charge is 0.389 e. The highest BCUT2D eigenvalue weighted by atomic mass is 16.7. The number of hydrogen-bond acceptors (Lipinski definition) is 4. The Kier molecular flexibility index (Phi) is 3.78. The SMILES string of the molecule is COC1(OC)CN(CC2(O)CCC(C)CC2)C1. The fourth-order valence-electron chi connectivity index (χ4n) is 2.96. The lowest BCUT2D eigenvalue weighted by molar-refractivity contribution is -0.281. The van der Waals surface area contributed by atoms with Crippen LogP contribution in [0, 0.1) is 5.92 Å². The van der Waals surface area contributed by atoms with E-state index in [1.54, 1.807) is 14.2 Å². The minimum absolute atomic E-state index is 0.432. The maximum atomic E-state index is 10.5. The molecule has 0 atom stereocenters. The lowest BCUT2D eigenvalue weighted by Gasteiger charge is -2.50.